The van der Waals surface area contributed by atoms with E-state index in [0.29, 0.717) is 0 Å². The highest BCUT2D eigenvalue weighted by molar-refractivity contribution is 5.44. The summed E-state index contributed by atoms with van der Waals surface area (Å²) in [4.78, 5) is 0. The van der Waals surface area contributed by atoms with Crippen LogP contribution in [0, 0.1) is 19.3 Å². The van der Waals surface area contributed by atoms with Gasteiger partial charge < -0.3 is 0 Å². The van der Waals surface area contributed by atoms with Crippen molar-refractivity contribution in [2.45, 2.75) is 13.1 Å². The van der Waals surface area contributed by atoms with Gasteiger partial charge in [0.25, 0.3) is 0 Å². The highest BCUT2D eigenvalue weighted by atomic mass is 19.4. The fourth-order valence-corrected chi connectivity index (χ4v) is 1.10. The Morgan fingerprint density at radius 3 is 2.38 bits per heavy atom. The molecular formula is C10H7F3. The van der Waals surface area contributed by atoms with Gasteiger partial charge in [-0.25, -0.2) is 0 Å². The Labute approximate surface area is 74.4 Å². The molecule has 0 N–H and O–H groups in total. The van der Waals surface area contributed by atoms with E-state index in [9.17, 15) is 13.2 Å². The van der Waals surface area contributed by atoms with Crippen molar-refractivity contribution in [1.29, 1.82) is 0 Å². The predicted molar refractivity (Wildman–Crippen MR) is 44.1 cm³/mol. The Bertz CT molecular complexity index is 355. The quantitative estimate of drug-likeness (QED) is 0.544. The summed E-state index contributed by atoms with van der Waals surface area (Å²) in [6.07, 6.45) is 0.723. The van der Waals surface area contributed by atoms with Gasteiger partial charge >= 0.3 is 6.18 Å². The fraction of sp³-hybridized carbons (Fsp3) is 0.200. The van der Waals surface area contributed by atoms with E-state index in [0.717, 1.165) is 6.07 Å². The number of rotatable bonds is 0. The Balaban J connectivity index is 3.34. The summed E-state index contributed by atoms with van der Waals surface area (Å²) in [7, 11) is 0. The number of terminal acetylenes is 1. The maximum atomic E-state index is 12.3. The molecule has 0 aliphatic rings. The number of hydrogen-bond donors (Lipinski definition) is 0. The first-order chi connectivity index (χ1) is 5.96. The molecule has 0 atom stereocenters. The lowest BCUT2D eigenvalue weighted by atomic mass is 10.0. The van der Waals surface area contributed by atoms with Crippen molar-refractivity contribution in [3.05, 3.63) is 34.9 Å². The van der Waals surface area contributed by atoms with E-state index >= 15 is 0 Å². The molecule has 0 saturated heterocycles. The van der Waals surface area contributed by atoms with Gasteiger partial charge in [0, 0.05) is 5.56 Å². The second-order valence-corrected chi connectivity index (χ2v) is 2.62. The third-order valence-corrected chi connectivity index (χ3v) is 1.79. The second-order valence-electron chi connectivity index (χ2n) is 2.62. The van der Waals surface area contributed by atoms with E-state index in [1.165, 1.54) is 19.1 Å². The average molecular weight is 184 g/mol. The number of hydrogen-bond acceptors (Lipinski definition) is 0. The van der Waals surface area contributed by atoms with Crippen LogP contribution in [-0.4, -0.2) is 0 Å². The predicted octanol–water partition coefficient (Wildman–Crippen LogP) is 3.00. The van der Waals surface area contributed by atoms with E-state index < -0.39 is 11.7 Å². The smallest absolute Gasteiger partial charge is 0.166 e. The van der Waals surface area contributed by atoms with Gasteiger partial charge in [-0.15, -0.1) is 6.42 Å². The Hall–Kier alpha value is -1.43. The molecule has 1 rings (SSSR count). The number of benzene rings is 1. The zero-order chi connectivity index (χ0) is 10.1. The van der Waals surface area contributed by atoms with Gasteiger partial charge in [0.2, 0.25) is 0 Å². The Morgan fingerprint density at radius 2 is 1.92 bits per heavy atom. The molecule has 1 aromatic rings. The van der Waals surface area contributed by atoms with Gasteiger partial charge in [-0.05, 0) is 24.6 Å². The highest BCUT2D eigenvalue weighted by Crippen LogP contribution is 2.32. The Kier molecular flexibility index (Phi) is 2.33. The highest BCUT2D eigenvalue weighted by Gasteiger charge is 2.32. The number of halogens is 3. The summed E-state index contributed by atoms with van der Waals surface area (Å²) in [6, 6.07) is 3.83. The van der Waals surface area contributed by atoms with Crippen molar-refractivity contribution in [2.75, 3.05) is 0 Å². The SMILES string of the molecule is C#Cc1cccc(C(F)(F)F)c1C. The van der Waals surface area contributed by atoms with Crippen LogP contribution in [0.3, 0.4) is 0 Å². The van der Waals surface area contributed by atoms with Crippen molar-refractivity contribution < 1.29 is 13.2 Å². The molecule has 0 fully saturated rings. The molecule has 0 heterocycles. The minimum Gasteiger partial charge on any atom is -0.166 e. The maximum absolute atomic E-state index is 12.3. The van der Waals surface area contributed by atoms with E-state index in [2.05, 4.69) is 5.92 Å². The van der Waals surface area contributed by atoms with Gasteiger partial charge in [-0.2, -0.15) is 13.2 Å². The van der Waals surface area contributed by atoms with Gasteiger partial charge in [0.15, 0.2) is 0 Å². The lowest BCUT2D eigenvalue weighted by Gasteiger charge is -2.10. The molecule has 0 amide bonds. The summed E-state index contributed by atoms with van der Waals surface area (Å²) >= 11 is 0. The molecule has 13 heavy (non-hydrogen) atoms. The Morgan fingerprint density at radius 1 is 1.31 bits per heavy atom. The first kappa shape index (κ1) is 9.66. The minimum atomic E-state index is -4.32. The first-order valence-electron chi connectivity index (χ1n) is 3.60. The normalized spacial score (nSPS) is 11.0. The van der Waals surface area contributed by atoms with E-state index in [1.54, 1.807) is 0 Å². The summed E-state index contributed by atoms with van der Waals surface area (Å²) in [5.41, 5.74) is -0.268. The monoisotopic (exact) mass is 184 g/mol. The third-order valence-electron chi connectivity index (χ3n) is 1.79. The fourth-order valence-electron chi connectivity index (χ4n) is 1.10. The average Bonchev–Trinajstić information content (AvgIpc) is 2.02. The van der Waals surface area contributed by atoms with E-state index in [4.69, 9.17) is 6.42 Å². The second kappa shape index (κ2) is 3.14. The molecule has 68 valence electrons. The molecule has 1 aromatic carbocycles. The lowest BCUT2D eigenvalue weighted by Crippen LogP contribution is -2.08. The van der Waals surface area contributed by atoms with Crippen molar-refractivity contribution in [3.8, 4) is 12.3 Å². The van der Waals surface area contributed by atoms with Crippen LogP contribution < -0.4 is 0 Å². The molecule has 0 aromatic heterocycles. The zero-order valence-corrected chi connectivity index (χ0v) is 6.94. The van der Waals surface area contributed by atoms with E-state index in [1.807, 2.05) is 0 Å². The molecule has 0 nitrogen and oxygen atoms in total. The molecular weight excluding hydrogens is 177 g/mol. The molecule has 0 saturated carbocycles. The van der Waals surface area contributed by atoms with Crippen molar-refractivity contribution in [3.63, 3.8) is 0 Å². The van der Waals surface area contributed by atoms with Crippen LogP contribution in [0.5, 0.6) is 0 Å². The van der Waals surface area contributed by atoms with Crippen molar-refractivity contribution >= 4 is 0 Å². The van der Waals surface area contributed by atoms with Gasteiger partial charge in [0.1, 0.15) is 0 Å². The van der Waals surface area contributed by atoms with Crippen LogP contribution in [0.1, 0.15) is 16.7 Å². The zero-order valence-electron chi connectivity index (χ0n) is 6.94. The topological polar surface area (TPSA) is 0 Å². The molecule has 0 aliphatic carbocycles. The van der Waals surface area contributed by atoms with Gasteiger partial charge in [-0.3, -0.25) is 0 Å². The van der Waals surface area contributed by atoms with Crippen LogP contribution >= 0.6 is 0 Å². The third kappa shape index (κ3) is 1.83. The first-order valence-corrected chi connectivity index (χ1v) is 3.60. The van der Waals surface area contributed by atoms with Crippen molar-refractivity contribution in [1.82, 2.24) is 0 Å². The van der Waals surface area contributed by atoms with Crippen LogP contribution in [-0.2, 0) is 6.18 Å². The summed E-state index contributed by atoms with van der Waals surface area (Å²) in [6.45, 7) is 1.37. The molecule has 0 spiro atoms. The van der Waals surface area contributed by atoms with Gasteiger partial charge in [0.05, 0.1) is 5.56 Å². The van der Waals surface area contributed by atoms with Crippen LogP contribution in [0.25, 0.3) is 0 Å². The molecule has 0 bridgehead atoms. The van der Waals surface area contributed by atoms with Crippen molar-refractivity contribution in [2.24, 2.45) is 0 Å². The van der Waals surface area contributed by atoms with Gasteiger partial charge in [-0.1, -0.05) is 12.0 Å². The van der Waals surface area contributed by atoms with E-state index in [-0.39, 0.29) is 11.1 Å². The van der Waals surface area contributed by atoms with Crippen LogP contribution in [0.15, 0.2) is 18.2 Å². The van der Waals surface area contributed by atoms with Crippen LogP contribution in [0.2, 0.25) is 0 Å². The largest absolute Gasteiger partial charge is 0.416 e. The molecule has 3 heteroatoms. The summed E-state index contributed by atoms with van der Waals surface area (Å²) < 4.78 is 36.9. The summed E-state index contributed by atoms with van der Waals surface area (Å²) in [5, 5.41) is 0. The van der Waals surface area contributed by atoms with Crippen LogP contribution in [0.4, 0.5) is 13.2 Å². The number of alkyl halides is 3. The molecule has 0 radical (unpaired) electrons. The lowest BCUT2D eigenvalue weighted by molar-refractivity contribution is -0.138. The summed E-state index contributed by atoms with van der Waals surface area (Å²) in [5.74, 6) is 2.21. The molecule has 0 aliphatic heterocycles. The maximum Gasteiger partial charge on any atom is 0.416 e. The standard InChI is InChI=1S/C10H7F3/c1-3-8-5-4-6-9(7(8)2)10(11,12)13/h1,4-6H,2H3. The molecule has 0 unspecified atom stereocenters. The minimum absolute atomic E-state index is 0.109.